The highest BCUT2D eigenvalue weighted by atomic mass is 32.1. The number of rotatable bonds is 6. The number of anilines is 1. The molecular formula is C15H16N4O3S. The minimum absolute atomic E-state index is 0.0205. The fourth-order valence-corrected chi connectivity index (χ4v) is 2.61. The summed E-state index contributed by atoms with van der Waals surface area (Å²) < 4.78 is 0. The number of hydrazone groups is 1. The van der Waals surface area contributed by atoms with Crippen molar-refractivity contribution >= 4 is 34.3 Å². The van der Waals surface area contributed by atoms with Crippen molar-refractivity contribution in [1.29, 1.82) is 0 Å². The molecule has 0 radical (unpaired) electrons. The molecule has 8 heteroatoms. The Kier molecular flexibility index (Phi) is 5.42. The summed E-state index contributed by atoms with van der Waals surface area (Å²) in [6, 6.07) is 9.09. The molecule has 1 aromatic carbocycles. The molecule has 0 atom stereocenters. The van der Waals surface area contributed by atoms with E-state index in [0.29, 0.717) is 10.6 Å². The summed E-state index contributed by atoms with van der Waals surface area (Å²) in [4.78, 5) is 22.6. The van der Waals surface area contributed by atoms with Crippen LogP contribution in [0.25, 0.3) is 0 Å². The number of nitro groups is 1. The molecule has 120 valence electrons. The summed E-state index contributed by atoms with van der Waals surface area (Å²) in [5.41, 5.74) is 4.91. The average molecular weight is 332 g/mol. The third-order valence-corrected chi connectivity index (χ3v) is 4.11. The molecule has 0 fully saturated rings. The number of carbonyl (C=O) groups excluding carboxylic acids is 1. The topological polar surface area (TPSA) is 96.6 Å². The van der Waals surface area contributed by atoms with Crippen LogP contribution in [0.5, 0.6) is 0 Å². The lowest BCUT2D eigenvalue weighted by atomic mass is 10.2. The smallest absolute Gasteiger partial charge is 0.280 e. The Morgan fingerprint density at radius 3 is 2.78 bits per heavy atom. The SMILES string of the molecule is C/C(=N/NC(=O)CNc1ccccc1C)c1cc([N+](=O)[O-])cs1. The van der Waals surface area contributed by atoms with Crippen LogP contribution in [0.2, 0.25) is 0 Å². The molecule has 0 saturated heterocycles. The number of aryl methyl sites for hydroxylation is 1. The molecule has 0 unspecified atom stereocenters. The first-order valence-corrected chi connectivity index (χ1v) is 7.71. The van der Waals surface area contributed by atoms with Crippen molar-refractivity contribution in [2.45, 2.75) is 13.8 Å². The minimum Gasteiger partial charge on any atom is -0.376 e. The van der Waals surface area contributed by atoms with Crippen molar-refractivity contribution in [3.05, 3.63) is 56.3 Å². The number of nitrogens with one attached hydrogen (secondary N) is 2. The number of para-hydroxylation sites is 1. The maximum Gasteiger partial charge on any atom is 0.280 e. The summed E-state index contributed by atoms with van der Waals surface area (Å²) in [5, 5.41) is 19.1. The van der Waals surface area contributed by atoms with E-state index in [4.69, 9.17) is 0 Å². The molecule has 23 heavy (non-hydrogen) atoms. The Labute approximate surface area is 137 Å². The van der Waals surface area contributed by atoms with Crippen molar-refractivity contribution in [2.75, 3.05) is 11.9 Å². The van der Waals surface area contributed by atoms with Gasteiger partial charge in [-0.1, -0.05) is 18.2 Å². The van der Waals surface area contributed by atoms with E-state index in [1.54, 1.807) is 6.92 Å². The van der Waals surface area contributed by atoms with Gasteiger partial charge in [0.05, 0.1) is 27.4 Å². The maximum absolute atomic E-state index is 11.8. The monoisotopic (exact) mass is 332 g/mol. The van der Waals surface area contributed by atoms with Crippen LogP contribution in [0.15, 0.2) is 40.8 Å². The Morgan fingerprint density at radius 2 is 2.13 bits per heavy atom. The van der Waals surface area contributed by atoms with Crippen molar-refractivity contribution in [2.24, 2.45) is 5.10 Å². The summed E-state index contributed by atoms with van der Waals surface area (Å²) in [7, 11) is 0. The second-order valence-corrected chi connectivity index (χ2v) is 5.74. The van der Waals surface area contributed by atoms with Crippen LogP contribution >= 0.6 is 11.3 Å². The molecule has 0 saturated carbocycles. The van der Waals surface area contributed by atoms with Crippen molar-refractivity contribution in [3.63, 3.8) is 0 Å². The van der Waals surface area contributed by atoms with Crippen molar-refractivity contribution in [1.82, 2.24) is 5.43 Å². The molecule has 0 spiro atoms. The number of hydrogen-bond acceptors (Lipinski definition) is 6. The standard InChI is InChI=1S/C15H16N4O3S/c1-10-5-3-4-6-13(10)16-8-15(20)18-17-11(2)14-7-12(9-23-14)19(21)22/h3-7,9,16H,8H2,1-2H3,(H,18,20)/b17-11-. The zero-order chi connectivity index (χ0) is 16.8. The van der Waals surface area contributed by atoms with Gasteiger partial charge in [0, 0.05) is 11.8 Å². The largest absolute Gasteiger partial charge is 0.376 e. The summed E-state index contributed by atoms with van der Waals surface area (Å²) in [6.07, 6.45) is 0. The number of amides is 1. The van der Waals surface area contributed by atoms with E-state index in [0.717, 1.165) is 11.3 Å². The fraction of sp³-hybridized carbons (Fsp3) is 0.200. The third-order valence-electron chi connectivity index (χ3n) is 3.09. The van der Waals surface area contributed by atoms with E-state index in [9.17, 15) is 14.9 Å². The van der Waals surface area contributed by atoms with E-state index in [-0.39, 0.29) is 18.1 Å². The van der Waals surface area contributed by atoms with Gasteiger partial charge in [-0.3, -0.25) is 14.9 Å². The van der Waals surface area contributed by atoms with Gasteiger partial charge in [0.25, 0.3) is 11.6 Å². The normalized spacial score (nSPS) is 11.1. The highest BCUT2D eigenvalue weighted by Crippen LogP contribution is 2.21. The molecule has 1 aromatic heterocycles. The predicted molar refractivity (Wildman–Crippen MR) is 91.0 cm³/mol. The lowest BCUT2D eigenvalue weighted by Crippen LogP contribution is -2.26. The van der Waals surface area contributed by atoms with Crippen LogP contribution < -0.4 is 10.7 Å². The fourth-order valence-electron chi connectivity index (χ4n) is 1.80. The van der Waals surface area contributed by atoms with Gasteiger partial charge in [-0.2, -0.15) is 5.10 Å². The molecule has 7 nitrogen and oxygen atoms in total. The van der Waals surface area contributed by atoms with Gasteiger partial charge < -0.3 is 5.32 Å². The lowest BCUT2D eigenvalue weighted by molar-refractivity contribution is -0.384. The molecule has 2 N–H and O–H groups in total. The highest BCUT2D eigenvalue weighted by Gasteiger charge is 2.11. The van der Waals surface area contributed by atoms with E-state index in [1.807, 2.05) is 31.2 Å². The van der Waals surface area contributed by atoms with Gasteiger partial charge in [0.1, 0.15) is 0 Å². The van der Waals surface area contributed by atoms with E-state index >= 15 is 0 Å². The van der Waals surface area contributed by atoms with Crippen molar-refractivity contribution in [3.8, 4) is 0 Å². The zero-order valence-electron chi connectivity index (χ0n) is 12.7. The molecule has 0 aliphatic carbocycles. The molecule has 2 rings (SSSR count). The first kappa shape index (κ1) is 16.6. The average Bonchev–Trinajstić information content (AvgIpc) is 3.02. The number of hydrogen-bond donors (Lipinski definition) is 2. The predicted octanol–water partition coefficient (Wildman–Crippen LogP) is 2.92. The second kappa shape index (κ2) is 7.50. The molecule has 1 amide bonds. The number of benzene rings is 1. The zero-order valence-corrected chi connectivity index (χ0v) is 13.5. The van der Waals surface area contributed by atoms with Crippen LogP contribution in [-0.2, 0) is 4.79 Å². The van der Waals surface area contributed by atoms with Gasteiger partial charge in [-0.05, 0) is 25.5 Å². The summed E-state index contributed by atoms with van der Waals surface area (Å²) >= 11 is 1.21. The molecule has 0 bridgehead atoms. The van der Waals surface area contributed by atoms with Crippen LogP contribution in [0.3, 0.4) is 0 Å². The minimum atomic E-state index is -0.460. The number of carbonyl (C=O) groups is 1. The first-order valence-electron chi connectivity index (χ1n) is 6.83. The van der Waals surface area contributed by atoms with E-state index < -0.39 is 4.92 Å². The second-order valence-electron chi connectivity index (χ2n) is 4.83. The Morgan fingerprint density at radius 1 is 1.39 bits per heavy atom. The summed E-state index contributed by atoms with van der Waals surface area (Å²) in [5.74, 6) is -0.293. The van der Waals surface area contributed by atoms with Crippen molar-refractivity contribution < 1.29 is 9.72 Å². The molecule has 0 aliphatic rings. The van der Waals surface area contributed by atoms with Gasteiger partial charge >= 0.3 is 0 Å². The molecular weight excluding hydrogens is 316 g/mol. The Balaban J connectivity index is 1.89. The van der Waals surface area contributed by atoms with Gasteiger partial charge in [-0.25, -0.2) is 5.43 Å². The first-order chi connectivity index (χ1) is 11.0. The Hall–Kier alpha value is -2.74. The van der Waals surface area contributed by atoms with E-state index in [1.165, 1.54) is 22.8 Å². The van der Waals surface area contributed by atoms with Crippen LogP contribution in [-0.4, -0.2) is 23.1 Å². The third kappa shape index (κ3) is 4.62. The number of thiophene rings is 1. The molecule has 1 heterocycles. The van der Waals surface area contributed by atoms with Gasteiger partial charge in [0.2, 0.25) is 0 Å². The Bertz CT molecular complexity index is 755. The highest BCUT2D eigenvalue weighted by molar-refractivity contribution is 7.12. The van der Waals surface area contributed by atoms with Crippen LogP contribution in [0.1, 0.15) is 17.4 Å². The van der Waals surface area contributed by atoms with Crippen LogP contribution in [0, 0.1) is 17.0 Å². The quantitative estimate of drug-likeness (QED) is 0.483. The lowest BCUT2D eigenvalue weighted by Gasteiger charge is -2.08. The molecule has 2 aromatic rings. The summed E-state index contributed by atoms with van der Waals surface area (Å²) in [6.45, 7) is 3.73. The van der Waals surface area contributed by atoms with E-state index in [2.05, 4.69) is 15.8 Å². The van der Waals surface area contributed by atoms with Gasteiger partial charge in [0.15, 0.2) is 0 Å². The van der Waals surface area contributed by atoms with Gasteiger partial charge in [-0.15, -0.1) is 11.3 Å². The van der Waals surface area contributed by atoms with Crippen LogP contribution in [0.4, 0.5) is 11.4 Å². The number of nitrogens with zero attached hydrogens (tertiary/aromatic N) is 2. The molecule has 0 aliphatic heterocycles. The maximum atomic E-state index is 11.8.